The number of nitrogens with zero attached hydrogens (tertiary/aromatic N) is 1. The van der Waals surface area contributed by atoms with Crippen LogP contribution in [0.1, 0.15) is 23.0 Å². The van der Waals surface area contributed by atoms with Crippen LogP contribution in [0.2, 0.25) is 5.15 Å². The molecule has 1 rings (SSSR count). The molecule has 3 amide bonds. The lowest BCUT2D eigenvalue weighted by Gasteiger charge is -2.07. The summed E-state index contributed by atoms with van der Waals surface area (Å²) in [6, 6.07) is 2.56. The van der Waals surface area contributed by atoms with E-state index in [1.807, 2.05) is 6.92 Å². The van der Waals surface area contributed by atoms with Gasteiger partial charge in [0.05, 0.1) is 0 Å². The second-order valence-corrected chi connectivity index (χ2v) is 3.96. The first-order valence-corrected chi connectivity index (χ1v) is 5.88. The molecule has 4 N–H and O–H groups in total. The third kappa shape index (κ3) is 4.58. The van der Waals surface area contributed by atoms with Crippen molar-refractivity contribution in [1.82, 2.24) is 15.6 Å². The van der Waals surface area contributed by atoms with Crippen molar-refractivity contribution in [3.8, 4) is 0 Å². The van der Waals surface area contributed by atoms with E-state index in [0.29, 0.717) is 18.5 Å². The maximum atomic E-state index is 11.8. The molecular weight excluding hydrogens is 256 g/mol. The molecule has 0 fully saturated rings. The van der Waals surface area contributed by atoms with Gasteiger partial charge < -0.3 is 16.4 Å². The van der Waals surface area contributed by atoms with Crippen molar-refractivity contribution in [1.29, 1.82) is 0 Å². The summed E-state index contributed by atoms with van der Waals surface area (Å²) in [7, 11) is 0. The zero-order valence-electron chi connectivity index (χ0n) is 10.00. The summed E-state index contributed by atoms with van der Waals surface area (Å²) in [4.78, 5) is 26.2. The summed E-state index contributed by atoms with van der Waals surface area (Å²) in [6.07, 6.45) is 0.698. The van der Waals surface area contributed by atoms with Crippen LogP contribution in [0.15, 0.2) is 12.1 Å². The molecule has 0 aliphatic carbocycles. The Morgan fingerprint density at radius 1 is 1.33 bits per heavy atom. The number of pyridine rings is 1. The van der Waals surface area contributed by atoms with Crippen LogP contribution in [0, 0.1) is 0 Å². The first-order valence-electron chi connectivity index (χ1n) is 5.51. The summed E-state index contributed by atoms with van der Waals surface area (Å²) in [5.74, 6) is -0.264. The standard InChI is InChI=1S/C11H15ClN4O2/c1-2-8-5-7(6-9(12)16-8)10(17)14-3-4-15-11(13)18/h5-6H,2-4H2,1H3,(H,14,17)(H3,13,15,18). The van der Waals surface area contributed by atoms with Crippen LogP contribution in [0.25, 0.3) is 0 Å². The average molecular weight is 271 g/mol. The highest BCUT2D eigenvalue weighted by Gasteiger charge is 2.08. The van der Waals surface area contributed by atoms with Gasteiger partial charge >= 0.3 is 6.03 Å². The van der Waals surface area contributed by atoms with E-state index in [4.69, 9.17) is 17.3 Å². The first kappa shape index (κ1) is 14.2. The smallest absolute Gasteiger partial charge is 0.312 e. The number of rotatable bonds is 5. The molecule has 0 aliphatic rings. The molecular formula is C11H15ClN4O2. The molecule has 98 valence electrons. The van der Waals surface area contributed by atoms with Crippen LogP contribution < -0.4 is 16.4 Å². The van der Waals surface area contributed by atoms with Gasteiger partial charge in [-0.15, -0.1) is 0 Å². The van der Waals surface area contributed by atoms with Gasteiger partial charge in [-0.3, -0.25) is 4.79 Å². The number of aromatic nitrogens is 1. The Morgan fingerprint density at radius 3 is 2.61 bits per heavy atom. The molecule has 0 aromatic carbocycles. The van der Waals surface area contributed by atoms with Crippen LogP contribution >= 0.6 is 11.6 Å². The molecule has 0 bridgehead atoms. The van der Waals surface area contributed by atoms with Crippen LogP contribution in [-0.4, -0.2) is 30.0 Å². The number of hydrogen-bond donors (Lipinski definition) is 3. The number of primary amides is 1. The van der Waals surface area contributed by atoms with E-state index in [1.165, 1.54) is 6.07 Å². The van der Waals surface area contributed by atoms with E-state index >= 15 is 0 Å². The monoisotopic (exact) mass is 270 g/mol. The zero-order valence-corrected chi connectivity index (χ0v) is 10.8. The van der Waals surface area contributed by atoms with Crippen molar-refractivity contribution in [2.75, 3.05) is 13.1 Å². The number of amides is 3. The maximum Gasteiger partial charge on any atom is 0.312 e. The Hall–Kier alpha value is -1.82. The van der Waals surface area contributed by atoms with E-state index < -0.39 is 6.03 Å². The van der Waals surface area contributed by atoms with Gasteiger partial charge in [-0.05, 0) is 18.6 Å². The molecule has 1 heterocycles. The third-order valence-electron chi connectivity index (χ3n) is 2.18. The van der Waals surface area contributed by atoms with Gasteiger partial charge in [0.1, 0.15) is 5.15 Å². The van der Waals surface area contributed by atoms with Crippen molar-refractivity contribution in [2.24, 2.45) is 5.73 Å². The summed E-state index contributed by atoms with van der Waals surface area (Å²) >= 11 is 5.81. The van der Waals surface area contributed by atoms with E-state index in [-0.39, 0.29) is 17.6 Å². The van der Waals surface area contributed by atoms with Gasteiger partial charge in [0.15, 0.2) is 0 Å². The largest absolute Gasteiger partial charge is 0.352 e. The lowest BCUT2D eigenvalue weighted by Crippen LogP contribution is -2.37. The minimum absolute atomic E-state index is 0.264. The molecule has 0 radical (unpaired) electrons. The molecule has 18 heavy (non-hydrogen) atoms. The molecule has 6 nitrogen and oxygen atoms in total. The fourth-order valence-corrected chi connectivity index (χ4v) is 1.55. The second kappa shape index (κ2) is 6.80. The molecule has 1 aromatic heterocycles. The van der Waals surface area contributed by atoms with Crippen molar-refractivity contribution >= 4 is 23.5 Å². The summed E-state index contributed by atoms with van der Waals surface area (Å²) in [5.41, 5.74) is 6.09. The summed E-state index contributed by atoms with van der Waals surface area (Å²) < 4.78 is 0. The fourth-order valence-electron chi connectivity index (χ4n) is 1.33. The maximum absolute atomic E-state index is 11.8. The molecule has 7 heteroatoms. The molecule has 1 aromatic rings. The first-order chi connectivity index (χ1) is 8.52. The van der Waals surface area contributed by atoms with Crippen LogP contribution in [0.3, 0.4) is 0 Å². The highest BCUT2D eigenvalue weighted by atomic mass is 35.5. The Labute approximate surface area is 110 Å². The van der Waals surface area contributed by atoms with E-state index in [1.54, 1.807) is 6.07 Å². The van der Waals surface area contributed by atoms with E-state index in [0.717, 1.165) is 5.69 Å². The van der Waals surface area contributed by atoms with Crippen molar-refractivity contribution in [3.63, 3.8) is 0 Å². The lowest BCUT2D eigenvalue weighted by molar-refractivity contribution is 0.0953. The van der Waals surface area contributed by atoms with Gasteiger partial charge in [-0.1, -0.05) is 18.5 Å². The van der Waals surface area contributed by atoms with Gasteiger partial charge in [-0.25, -0.2) is 9.78 Å². The highest BCUT2D eigenvalue weighted by Crippen LogP contribution is 2.11. The number of nitrogens with one attached hydrogen (secondary N) is 2. The molecule has 0 atom stereocenters. The van der Waals surface area contributed by atoms with Gasteiger partial charge in [0, 0.05) is 24.3 Å². The minimum atomic E-state index is -0.621. The number of urea groups is 1. The molecule has 0 saturated carbocycles. The predicted molar refractivity (Wildman–Crippen MR) is 68.5 cm³/mol. The topological polar surface area (TPSA) is 97.1 Å². The predicted octanol–water partition coefficient (Wildman–Crippen LogP) is 0.695. The van der Waals surface area contributed by atoms with Crippen molar-refractivity contribution < 1.29 is 9.59 Å². The SMILES string of the molecule is CCc1cc(C(=O)NCCNC(N)=O)cc(Cl)n1. The summed E-state index contributed by atoms with van der Waals surface area (Å²) in [5, 5.41) is 5.30. The second-order valence-electron chi connectivity index (χ2n) is 3.57. The van der Waals surface area contributed by atoms with Crippen LogP contribution in [0.4, 0.5) is 4.79 Å². The highest BCUT2D eigenvalue weighted by molar-refractivity contribution is 6.29. The fraction of sp³-hybridized carbons (Fsp3) is 0.364. The molecule has 0 unspecified atom stereocenters. The third-order valence-corrected chi connectivity index (χ3v) is 2.37. The van der Waals surface area contributed by atoms with Crippen LogP contribution in [0.5, 0.6) is 0 Å². The number of aryl methyl sites for hydroxylation is 1. The van der Waals surface area contributed by atoms with E-state index in [9.17, 15) is 9.59 Å². The zero-order chi connectivity index (χ0) is 13.5. The number of carbonyl (C=O) groups excluding carboxylic acids is 2. The lowest BCUT2D eigenvalue weighted by atomic mass is 10.2. The van der Waals surface area contributed by atoms with Crippen molar-refractivity contribution in [3.05, 3.63) is 28.5 Å². The number of hydrogen-bond acceptors (Lipinski definition) is 3. The van der Waals surface area contributed by atoms with Gasteiger partial charge in [0.2, 0.25) is 0 Å². The average Bonchev–Trinajstić information content (AvgIpc) is 2.33. The Morgan fingerprint density at radius 2 is 2.00 bits per heavy atom. The quantitative estimate of drug-likeness (QED) is 0.542. The van der Waals surface area contributed by atoms with Gasteiger partial charge in [0.25, 0.3) is 5.91 Å². The normalized spacial score (nSPS) is 9.89. The summed E-state index contributed by atoms with van der Waals surface area (Å²) in [6.45, 7) is 2.50. The molecule has 0 saturated heterocycles. The Bertz CT molecular complexity index is 451. The Balaban J connectivity index is 2.55. The molecule has 0 aliphatic heterocycles. The number of nitrogens with two attached hydrogens (primary N) is 1. The van der Waals surface area contributed by atoms with E-state index in [2.05, 4.69) is 15.6 Å². The minimum Gasteiger partial charge on any atom is -0.352 e. The number of halogens is 1. The van der Waals surface area contributed by atoms with Crippen molar-refractivity contribution in [2.45, 2.75) is 13.3 Å². The number of carbonyl (C=O) groups is 2. The van der Waals surface area contributed by atoms with Gasteiger partial charge in [-0.2, -0.15) is 0 Å². The Kier molecular flexibility index (Phi) is 5.38. The van der Waals surface area contributed by atoms with Crippen LogP contribution in [-0.2, 0) is 6.42 Å². The molecule has 0 spiro atoms.